The Balaban J connectivity index is 2.01. The molecular weight excluding hydrogens is 288 g/mol. The first-order valence-electron chi connectivity index (χ1n) is 6.48. The summed E-state index contributed by atoms with van der Waals surface area (Å²) in [6.45, 7) is 4.34. The van der Waals surface area contributed by atoms with E-state index < -0.39 is 0 Å². The third-order valence-electron chi connectivity index (χ3n) is 2.91. The van der Waals surface area contributed by atoms with Crippen molar-refractivity contribution >= 4 is 40.3 Å². The van der Waals surface area contributed by atoms with Crippen LogP contribution in [0.1, 0.15) is 25.3 Å². The zero-order valence-corrected chi connectivity index (χ0v) is 13.1. The highest BCUT2D eigenvalue weighted by Gasteiger charge is 2.02. The molecule has 0 atom stereocenters. The van der Waals surface area contributed by atoms with Gasteiger partial charge >= 0.3 is 0 Å². The second-order valence-corrected chi connectivity index (χ2v) is 5.71. The minimum absolute atomic E-state index is 0.495. The molecule has 0 aliphatic carbocycles. The molecule has 0 saturated carbocycles. The summed E-state index contributed by atoms with van der Waals surface area (Å²) in [7, 11) is 0. The molecule has 2 rings (SSSR count). The minimum atomic E-state index is 0.495. The van der Waals surface area contributed by atoms with Gasteiger partial charge in [-0.05, 0) is 60.1 Å². The number of thiocarbonyl (C=S) groups is 1. The maximum Gasteiger partial charge on any atom is 0.175 e. The number of hydrogen-bond acceptors (Lipinski definition) is 1. The van der Waals surface area contributed by atoms with E-state index >= 15 is 0 Å². The molecule has 0 aliphatic heterocycles. The molecule has 2 aromatic carbocycles. The van der Waals surface area contributed by atoms with Crippen LogP contribution in [0.25, 0.3) is 0 Å². The Hall–Kier alpha value is -1.58. The molecule has 2 aromatic rings. The van der Waals surface area contributed by atoms with Crippen LogP contribution in [0.5, 0.6) is 0 Å². The third kappa shape index (κ3) is 4.22. The van der Waals surface area contributed by atoms with Crippen molar-refractivity contribution in [1.82, 2.24) is 0 Å². The summed E-state index contributed by atoms with van der Waals surface area (Å²) in [6.07, 6.45) is 0. The van der Waals surface area contributed by atoms with E-state index in [-0.39, 0.29) is 0 Å². The number of nitrogens with one attached hydrogen (secondary N) is 2. The zero-order valence-electron chi connectivity index (χ0n) is 11.5. The molecule has 0 aliphatic rings. The van der Waals surface area contributed by atoms with Crippen LogP contribution in [0.3, 0.4) is 0 Å². The van der Waals surface area contributed by atoms with Crippen molar-refractivity contribution in [3.63, 3.8) is 0 Å². The Bertz CT molecular complexity index is 594. The van der Waals surface area contributed by atoms with Crippen LogP contribution >= 0.6 is 23.8 Å². The lowest BCUT2D eigenvalue weighted by atomic mass is 10.0. The van der Waals surface area contributed by atoms with E-state index in [1.807, 2.05) is 36.4 Å². The molecule has 2 nitrogen and oxygen atoms in total. The van der Waals surface area contributed by atoms with Crippen LogP contribution in [-0.4, -0.2) is 5.11 Å². The first-order chi connectivity index (χ1) is 9.54. The first kappa shape index (κ1) is 14.8. The average Bonchev–Trinajstić information content (AvgIpc) is 2.41. The lowest BCUT2D eigenvalue weighted by Crippen LogP contribution is -2.19. The van der Waals surface area contributed by atoms with E-state index in [0.29, 0.717) is 16.1 Å². The van der Waals surface area contributed by atoms with Gasteiger partial charge in [-0.3, -0.25) is 0 Å². The molecule has 0 aromatic heterocycles. The highest BCUT2D eigenvalue weighted by molar-refractivity contribution is 7.80. The summed E-state index contributed by atoms with van der Waals surface area (Å²) in [4.78, 5) is 0. The van der Waals surface area contributed by atoms with E-state index in [1.54, 1.807) is 0 Å². The molecular formula is C16H17ClN2S. The Kier molecular flexibility index (Phi) is 4.99. The fraction of sp³-hybridized carbons (Fsp3) is 0.188. The second-order valence-electron chi connectivity index (χ2n) is 4.87. The number of benzene rings is 2. The SMILES string of the molecule is CC(C)c1cccc(NC(=S)Nc2ccc(Cl)cc2)c1. The van der Waals surface area contributed by atoms with Crippen LogP contribution in [0.4, 0.5) is 11.4 Å². The van der Waals surface area contributed by atoms with Gasteiger partial charge in [0, 0.05) is 16.4 Å². The Morgan fingerprint density at radius 2 is 1.65 bits per heavy atom. The maximum absolute atomic E-state index is 5.85. The van der Waals surface area contributed by atoms with Crippen molar-refractivity contribution in [2.45, 2.75) is 19.8 Å². The van der Waals surface area contributed by atoms with Gasteiger partial charge in [-0.1, -0.05) is 37.6 Å². The highest BCUT2D eigenvalue weighted by Crippen LogP contribution is 2.19. The highest BCUT2D eigenvalue weighted by atomic mass is 35.5. The number of halogens is 1. The van der Waals surface area contributed by atoms with Crippen LogP contribution in [0, 0.1) is 0 Å². The molecule has 0 saturated heterocycles. The van der Waals surface area contributed by atoms with E-state index in [4.69, 9.17) is 23.8 Å². The summed E-state index contributed by atoms with van der Waals surface area (Å²) >= 11 is 11.2. The second kappa shape index (κ2) is 6.73. The lowest BCUT2D eigenvalue weighted by Gasteiger charge is -2.12. The van der Waals surface area contributed by atoms with Crippen LogP contribution < -0.4 is 10.6 Å². The standard InChI is InChI=1S/C16H17ClN2S/c1-11(2)12-4-3-5-15(10-12)19-16(20)18-14-8-6-13(17)7-9-14/h3-11H,1-2H3,(H2,18,19,20). The fourth-order valence-corrected chi connectivity index (χ4v) is 2.16. The van der Waals surface area contributed by atoms with Crippen molar-refractivity contribution in [3.05, 3.63) is 59.1 Å². The summed E-state index contributed by atoms with van der Waals surface area (Å²) in [5.74, 6) is 0.495. The Morgan fingerprint density at radius 3 is 2.30 bits per heavy atom. The lowest BCUT2D eigenvalue weighted by molar-refractivity contribution is 0.867. The van der Waals surface area contributed by atoms with Crippen LogP contribution in [0.2, 0.25) is 5.02 Å². The number of hydrogen-bond donors (Lipinski definition) is 2. The zero-order chi connectivity index (χ0) is 14.5. The summed E-state index contributed by atoms with van der Waals surface area (Å²) in [5, 5.41) is 7.59. The molecule has 0 heterocycles. The normalized spacial score (nSPS) is 10.4. The maximum atomic E-state index is 5.85. The molecule has 0 amide bonds. The summed E-state index contributed by atoms with van der Waals surface area (Å²) in [5.41, 5.74) is 3.18. The summed E-state index contributed by atoms with van der Waals surface area (Å²) < 4.78 is 0. The van der Waals surface area contributed by atoms with Crippen LogP contribution in [0.15, 0.2) is 48.5 Å². The van der Waals surface area contributed by atoms with Gasteiger partial charge in [0.2, 0.25) is 0 Å². The van der Waals surface area contributed by atoms with Crippen molar-refractivity contribution in [3.8, 4) is 0 Å². The van der Waals surface area contributed by atoms with E-state index in [2.05, 4.69) is 36.6 Å². The van der Waals surface area contributed by atoms with Gasteiger partial charge in [0.15, 0.2) is 5.11 Å². The van der Waals surface area contributed by atoms with E-state index in [9.17, 15) is 0 Å². The topological polar surface area (TPSA) is 24.1 Å². The molecule has 104 valence electrons. The van der Waals surface area contributed by atoms with Gasteiger partial charge in [-0.25, -0.2) is 0 Å². The Labute approximate surface area is 130 Å². The molecule has 0 unspecified atom stereocenters. The van der Waals surface area contributed by atoms with Gasteiger partial charge < -0.3 is 10.6 Å². The number of rotatable bonds is 3. The van der Waals surface area contributed by atoms with Gasteiger partial charge in [0.1, 0.15) is 0 Å². The van der Waals surface area contributed by atoms with Gasteiger partial charge in [-0.15, -0.1) is 0 Å². The molecule has 0 radical (unpaired) electrons. The third-order valence-corrected chi connectivity index (χ3v) is 3.37. The Morgan fingerprint density at radius 1 is 1.00 bits per heavy atom. The molecule has 20 heavy (non-hydrogen) atoms. The van der Waals surface area contributed by atoms with Crippen molar-refractivity contribution in [1.29, 1.82) is 0 Å². The minimum Gasteiger partial charge on any atom is -0.332 e. The predicted molar refractivity (Wildman–Crippen MR) is 91.8 cm³/mol. The van der Waals surface area contributed by atoms with Gasteiger partial charge in [0.05, 0.1) is 0 Å². The van der Waals surface area contributed by atoms with E-state index in [0.717, 1.165) is 11.4 Å². The van der Waals surface area contributed by atoms with Crippen LogP contribution in [-0.2, 0) is 0 Å². The smallest absolute Gasteiger partial charge is 0.175 e. The quantitative estimate of drug-likeness (QED) is 0.755. The van der Waals surface area contributed by atoms with Gasteiger partial charge in [-0.2, -0.15) is 0 Å². The molecule has 2 N–H and O–H groups in total. The molecule has 0 spiro atoms. The van der Waals surface area contributed by atoms with Crippen molar-refractivity contribution in [2.24, 2.45) is 0 Å². The first-order valence-corrected chi connectivity index (χ1v) is 7.27. The average molecular weight is 305 g/mol. The molecule has 4 heteroatoms. The van der Waals surface area contributed by atoms with Gasteiger partial charge in [0.25, 0.3) is 0 Å². The molecule has 0 fully saturated rings. The van der Waals surface area contributed by atoms with Crippen molar-refractivity contribution < 1.29 is 0 Å². The fourth-order valence-electron chi connectivity index (χ4n) is 1.80. The predicted octanol–water partition coefficient (Wildman–Crippen LogP) is 5.27. The largest absolute Gasteiger partial charge is 0.332 e. The number of anilines is 2. The van der Waals surface area contributed by atoms with Crippen molar-refractivity contribution in [2.75, 3.05) is 10.6 Å². The van der Waals surface area contributed by atoms with E-state index in [1.165, 1.54) is 5.56 Å². The summed E-state index contributed by atoms with van der Waals surface area (Å²) in [6, 6.07) is 15.7. The molecule has 0 bridgehead atoms. The monoisotopic (exact) mass is 304 g/mol.